The molecule has 2 rings (SSSR count). The molecule has 0 aliphatic carbocycles. The van der Waals surface area contributed by atoms with Crippen molar-refractivity contribution >= 4 is 40.0 Å². The molecule has 17 heavy (non-hydrogen) atoms. The first-order valence-corrected chi connectivity index (χ1v) is 7.13. The lowest BCUT2D eigenvalue weighted by Crippen LogP contribution is -2.20. The summed E-state index contributed by atoms with van der Waals surface area (Å²) >= 11 is 7.26. The van der Waals surface area contributed by atoms with E-state index in [-0.39, 0.29) is 5.88 Å². The molecule has 0 aliphatic heterocycles. The maximum absolute atomic E-state index is 9.39. The predicted molar refractivity (Wildman–Crippen MR) is 75.3 cm³/mol. The zero-order chi connectivity index (χ0) is 12.3. The van der Waals surface area contributed by atoms with Crippen LogP contribution < -0.4 is 5.32 Å². The van der Waals surface area contributed by atoms with E-state index < -0.39 is 6.10 Å². The third-order valence-corrected chi connectivity index (χ3v) is 3.72. The summed E-state index contributed by atoms with van der Waals surface area (Å²) in [7, 11) is 0. The van der Waals surface area contributed by atoms with Crippen LogP contribution in [-0.2, 0) is 0 Å². The summed E-state index contributed by atoms with van der Waals surface area (Å²) in [6.45, 7) is 0.466. The number of aromatic nitrogens is 1. The van der Waals surface area contributed by atoms with Crippen molar-refractivity contribution in [3.8, 4) is 0 Å². The number of aliphatic hydroxyl groups is 1. The lowest BCUT2D eigenvalue weighted by molar-refractivity contribution is 0.211. The SMILES string of the molecule is CSc1c[nH]c2ccc(NCC(O)CCl)cc12. The van der Waals surface area contributed by atoms with E-state index in [2.05, 4.69) is 22.6 Å². The van der Waals surface area contributed by atoms with Crippen LogP contribution in [0.1, 0.15) is 0 Å². The van der Waals surface area contributed by atoms with Gasteiger partial charge in [0.1, 0.15) is 0 Å². The van der Waals surface area contributed by atoms with Crippen LogP contribution in [0.2, 0.25) is 0 Å². The highest BCUT2D eigenvalue weighted by atomic mass is 35.5. The van der Waals surface area contributed by atoms with Crippen molar-refractivity contribution in [1.82, 2.24) is 4.98 Å². The van der Waals surface area contributed by atoms with Crippen LogP contribution in [0.4, 0.5) is 5.69 Å². The normalized spacial score (nSPS) is 12.9. The van der Waals surface area contributed by atoms with E-state index in [9.17, 15) is 5.11 Å². The van der Waals surface area contributed by atoms with Crippen molar-refractivity contribution in [2.45, 2.75) is 11.0 Å². The van der Waals surface area contributed by atoms with Crippen molar-refractivity contribution in [2.75, 3.05) is 24.0 Å². The van der Waals surface area contributed by atoms with E-state index in [1.165, 1.54) is 10.3 Å². The molecule has 3 nitrogen and oxygen atoms in total. The quantitative estimate of drug-likeness (QED) is 0.578. The number of H-pyrrole nitrogens is 1. The fourth-order valence-electron chi connectivity index (χ4n) is 1.66. The summed E-state index contributed by atoms with van der Waals surface area (Å²) in [5.74, 6) is 0.245. The number of anilines is 1. The number of benzene rings is 1. The minimum Gasteiger partial charge on any atom is -0.390 e. The van der Waals surface area contributed by atoms with Crippen molar-refractivity contribution in [1.29, 1.82) is 0 Å². The summed E-state index contributed by atoms with van der Waals surface area (Å²) in [6, 6.07) is 6.10. The maximum atomic E-state index is 9.39. The Hall–Kier alpha value is -0.840. The molecule has 1 aromatic carbocycles. The van der Waals surface area contributed by atoms with Gasteiger partial charge in [0.2, 0.25) is 0 Å². The van der Waals surface area contributed by atoms with Gasteiger partial charge >= 0.3 is 0 Å². The van der Waals surface area contributed by atoms with Crippen molar-refractivity contribution in [3.63, 3.8) is 0 Å². The van der Waals surface area contributed by atoms with Gasteiger partial charge in [-0.25, -0.2) is 0 Å². The Bertz CT molecular complexity index is 500. The molecular formula is C12H15ClN2OS. The fourth-order valence-corrected chi connectivity index (χ4v) is 2.34. The van der Waals surface area contributed by atoms with Crippen LogP contribution in [0, 0.1) is 0 Å². The number of halogens is 1. The van der Waals surface area contributed by atoms with Gasteiger partial charge < -0.3 is 15.4 Å². The van der Waals surface area contributed by atoms with E-state index in [1.54, 1.807) is 11.8 Å². The number of aliphatic hydroxyl groups excluding tert-OH is 1. The Balaban J connectivity index is 2.18. The summed E-state index contributed by atoms with van der Waals surface area (Å²) in [4.78, 5) is 4.45. The van der Waals surface area contributed by atoms with Gasteiger partial charge in [-0.15, -0.1) is 23.4 Å². The second kappa shape index (κ2) is 5.67. The van der Waals surface area contributed by atoms with E-state index in [0.29, 0.717) is 6.54 Å². The Kier molecular flexibility index (Phi) is 4.20. The number of hydrogen-bond donors (Lipinski definition) is 3. The smallest absolute Gasteiger partial charge is 0.0847 e. The molecule has 0 radical (unpaired) electrons. The van der Waals surface area contributed by atoms with E-state index in [0.717, 1.165) is 11.2 Å². The molecule has 5 heteroatoms. The molecule has 0 saturated carbocycles. The van der Waals surface area contributed by atoms with E-state index in [1.807, 2.05) is 18.3 Å². The predicted octanol–water partition coefficient (Wildman–Crippen LogP) is 2.90. The Morgan fingerprint density at radius 2 is 2.35 bits per heavy atom. The first-order valence-electron chi connectivity index (χ1n) is 5.37. The number of rotatable bonds is 5. The van der Waals surface area contributed by atoms with Crippen LogP contribution in [0.25, 0.3) is 10.9 Å². The highest BCUT2D eigenvalue weighted by Gasteiger charge is 2.05. The highest BCUT2D eigenvalue weighted by Crippen LogP contribution is 2.28. The largest absolute Gasteiger partial charge is 0.390 e. The Morgan fingerprint density at radius 3 is 3.06 bits per heavy atom. The minimum absolute atomic E-state index is 0.245. The molecule has 0 bridgehead atoms. The third-order valence-electron chi connectivity index (χ3n) is 2.58. The molecule has 1 heterocycles. The third kappa shape index (κ3) is 2.89. The van der Waals surface area contributed by atoms with Gasteiger partial charge in [-0.2, -0.15) is 0 Å². The zero-order valence-corrected chi connectivity index (χ0v) is 11.1. The molecule has 1 unspecified atom stereocenters. The second-order valence-electron chi connectivity index (χ2n) is 3.81. The molecule has 0 spiro atoms. The van der Waals surface area contributed by atoms with Crippen LogP contribution in [0.3, 0.4) is 0 Å². The standard InChI is InChI=1S/C12H15ClN2OS/c1-17-12-7-15-11-3-2-8(4-10(11)12)14-6-9(16)5-13/h2-4,7,9,14-16H,5-6H2,1H3. The average molecular weight is 271 g/mol. The monoisotopic (exact) mass is 270 g/mol. The van der Waals surface area contributed by atoms with Crippen LogP contribution in [-0.4, -0.2) is 34.9 Å². The fraction of sp³-hybridized carbons (Fsp3) is 0.333. The molecule has 0 aliphatic rings. The lowest BCUT2D eigenvalue weighted by Gasteiger charge is -2.10. The molecule has 0 fully saturated rings. The minimum atomic E-state index is -0.515. The average Bonchev–Trinajstić information content (AvgIpc) is 2.78. The Morgan fingerprint density at radius 1 is 1.53 bits per heavy atom. The van der Waals surface area contributed by atoms with Crippen molar-refractivity contribution < 1.29 is 5.11 Å². The molecule has 1 atom stereocenters. The van der Waals surface area contributed by atoms with Gasteiger partial charge in [-0.3, -0.25) is 0 Å². The highest BCUT2D eigenvalue weighted by molar-refractivity contribution is 7.98. The number of fused-ring (bicyclic) bond motifs is 1. The Labute approximate surface area is 110 Å². The molecule has 0 saturated heterocycles. The van der Waals surface area contributed by atoms with Gasteiger partial charge in [-0.05, 0) is 24.5 Å². The summed E-state index contributed by atoms with van der Waals surface area (Å²) in [5.41, 5.74) is 2.12. The van der Waals surface area contributed by atoms with Gasteiger partial charge in [-0.1, -0.05) is 0 Å². The number of alkyl halides is 1. The first-order chi connectivity index (χ1) is 8.24. The van der Waals surface area contributed by atoms with Crippen LogP contribution in [0.15, 0.2) is 29.3 Å². The molecular weight excluding hydrogens is 256 g/mol. The van der Waals surface area contributed by atoms with E-state index in [4.69, 9.17) is 11.6 Å². The van der Waals surface area contributed by atoms with Crippen molar-refractivity contribution in [3.05, 3.63) is 24.4 Å². The summed E-state index contributed by atoms with van der Waals surface area (Å²) < 4.78 is 0. The number of hydrogen-bond acceptors (Lipinski definition) is 3. The van der Waals surface area contributed by atoms with Gasteiger partial charge in [0.05, 0.1) is 12.0 Å². The van der Waals surface area contributed by atoms with E-state index >= 15 is 0 Å². The topological polar surface area (TPSA) is 48.0 Å². The number of thioether (sulfide) groups is 1. The molecule has 1 aromatic heterocycles. The van der Waals surface area contributed by atoms with Crippen LogP contribution in [0.5, 0.6) is 0 Å². The van der Waals surface area contributed by atoms with Crippen molar-refractivity contribution in [2.24, 2.45) is 0 Å². The summed E-state index contributed by atoms with van der Waals surface area (Å²) in [6.07, 6.45) is 3.55. The molecule has 3 N–H and O–H groups in total. The van der Waals surface area contributed by atoms with Gasteiger partial charge in [0.15, 0.2) is 0 Å². The van der Waals surface area contributed by atoms with Gasteiger partial charge in [0.25, 0.3) is 0 Å². The maximum Gasteiger partial charge on any atom is 0.0847 e. The van der Waals surface area contributed by atoms with Crippen LogP contribution >= 0.6 is 23.4 Å². The zero-order valence-electron chi connectivity index (χ0n) is 9.53. The number of nitrogens with one attached hydrogen (secondary N) is 2. The molecule has 0 amide bonds. The lowest BCUT2D eigenvalue weighted by atomic mass is 10.2. The van der Waals surface area contributed by atoms with Gasteiger partial charge in [0, 0.05) is 34.2 Å². The number of aromatic amines is 1. The first kappa shape index (κ1) is 12.6. The molecule has 92 valence electrons. The second-order valence-corrected chi connectivity index (χ2v) is 4.96. The molecule has 2 aromatic rings. The summed E-state index contributed by atoms with van der Waals surface area (Å²) in [5, 5.41) is 13.8.